The number of rotatable bonds is 3. The highest BCUT2D eigenvalue weighted by Gasteiger charge is 2.37. The Balaban J connectivity index is 1.57. The van der Waals surface area contributed by atoms with E-state index in [4.69, 9.17) is 4.74 Å². The monoisotopic (exact) mass is 350 g/mol. The van der Waals surface area contributed by atoms with Crippen molar-refractivity contribution in [2.24, 2.45) is 5.92 Å². The third kappa shape index (κ3) is 2.60. The quantitative estimate of drug-likeness (QED) is 0.682. The zero-order valence-corrected chi connectivity index (χ0v) is 15.0. The van der Waals surface area contributed by atoms with Crippen LogP contribution in [0.2, 0.25) is 0 Å². The first-order valence-electron chi connectivity index (χ1n) is 9.43. The van der Waals surface area contributed by atoms with Crippen LogP contribution in [0.5, 0.6) is 0 Å². The summed E-state index contributed by atoms with van der Waals surface area (Å²) in [6.45, 7) is 4.58. The maximum atomic E-state index is 14.2. The highest BCUT2D eigenvalue weighted by Crippen LogP contribution is 2.38. The van der Waals surface area contributed by atoms with Crippen molar-refractivity contribution in [1.29, 1.82) is 0 Å². The Morgan fingerprint density at radius 2 is 1.92 bits per heavy atom. The van der Waals surface area contributed by atoms with E-state index < -0.39 is 0 Å². The number of fused-ring (bicyclic) bond motifs is 1. The van der Waals surface area contributed by atoms with Crippen molar-refractivity contribution in [3.05, 3.63) is 60.0 Å². The smallest absolute Gasteiger partial charge is 0.132 e. The van der Waals surface area contributed by atoms with E-state index in [1.807, 2.05) is 25.3 Å². The maximum Gasteiger partial charge on any atom is 0.132 e. The van der Waals surface area contributed by atoms with Crippen molar-refractivity contribution in [2.75, 3.05) is 24.7 Å². The van der Waals surface area contributed by atoms with Gasteiger partial charge in [0, 0.05) is 29.5 Å². The Bertz CT molecular complexity index is 960. The summed E-state index contributed by atoms with van der Waals surface area (Å²) in [5.41, 5.74) is 4.34. The molecule has 0 bridgehead atoms. The van der Waals surface area contributed by atoms with E-state index >= 15 is 0 Å². The number of nitrogens with zero attached hydrogens (tertiary/aromatic N) is 2. The minimum Gasteiger partial charge on any atom is -0.377 e. The van der Waals surface area contributed by atoms with Gasteiger partial charge in [0.05, 0.1) is 24.8 Å². The molecule has 0 spiro atoms. The van der Waals surface area contributed by atoms with Crippen LogP contribution in [0.3, 0.4) is 0 Å². The van der Waals surface area contributed by atoms with Gasteiger partial charge in [-0.25, -0.2) is 4.39 Å². The van der Waals surface area contributed by atoms with E-state index in [1.54, 1.807) is 6.07 Å². The zero-order chi connectivity index (χ0) is 17.7. The van der Waals surface area contributed by atoms with Gasteiger partial charge >= 0.3 is 0 Å². The van der Waals surface area contributed by atoms with Gasteiger partial charge in [-0.15, -0.1) is 0 Å². The number of ether oxygens (including phenoxy) is 1. The second kappa shape index (κ2) is 6.13. The van der Waals surface area contributed by atoms with Crippen LogP contribution < -0.4 is 4.90 Å². The molecule has 3 aromatic rings. The van der Waals surface area contributed by atoms with Gasteiger partial charge < -0.3 is 14.2 Å². The van der Waals surface area contributed by atoms with Gasteiger partial charge in [-0.3, -0.25) is 0 Å². The summed E-state index contributed by atoms with van der Waals surface area (Å²) < 4.78 is 22.0. The number of anilines is 1. The van der Waals surface area contributed by atoms with Crippen LogP contribution in [0.1, 0.15) is 18.4 Å². The van der Waals surface area contributed by atoms with Crippen molar-refractivity contribution in [3.63, 3.8) is 0 Å². The largest absolute Gasteiger partial charge is 0.377 e. The van der Waals surface area contributed by atoms with E-state index in [0.717, 1.165) is 42.4 Å². The highest BCUT2D eigenvalue weighted by molar-refractivity contribution is 5.85. The molecule has 1 saturated heterocycles. The van der Waals surface area contributed by atoms with Crippen molar-refractivity contribution >= 4 is 16.6 Å². The fraction of sp³-hybridized carbons (Fsp3) is 0.364. The lowest BCUT2D eigenvalue weighted by molar-refractivity contribution is 0.0879. The van der Waals surface area contributed by atoms with Gasteiger partial charge in [0.25, 0.3) is 0 Å². The molecule has 1 aliphatic carbocycles. The molecule has 2 aromatic carbocycles. The van der Waals surface area contributed by atoms with Gasteiger partial charge in [0.1, 0.15) is 5.82 Å². The molecule has 2 heterocycles. The van der Waals surface area contributed by atoms with Crippen LogP contribution in [0.4, 0.5) is 10.1 Å². The average molecular weight is 350 g/mol. The summed E-state index contributed by atoms with van der Waals surface area (Å²) in [5, 5.41) is 0.678. The van der Waals surface area contributed by atoms with E-state index in [0.29, 0.717) is 11.4 Å². The molecule has 4 heteroatoms. The maximum absolute atomic E-state index is 14.2. The van der Waals surface area contributed by atoms with E-state index in [1.165, 1.54) is 18.5 Å². The average Bonchev–Trinajstić information content (AvgIpc) is 3.42. The second-order valence-electron chi connectivity index (χ2n) is 7.51. The van der Waals surface area contributed by atoms with Gasteiger partial charge in [0.2, 0.25) is 0 Å². The molecule has 2 aliphatic rings. The molecule has 2 fully saturated rings. The van der Waals surface area contributed by atoms with E-state index in [9.17, 15) is 4.39 Å². The standard InChI is InChI=1S/C22H23FN2O/c1-15-5-8-20(23)19-9-10-25(22(15)19)18-4-2-3-17(13-18)24-11-12-26-14-21(24)16-6-7-16/h2-5,8-10,13,16,21H,6-7,11-12,14H2,1H3. The first-order chi connectivity index (χ1) is 12.7. The minimum atomic E-state index is -0.164. The van der Waals surface area contributed by atoms with Crippen LogP contribution >= 0.6 is 0 Å². The predicted octanol–water partition coefficient (Wildman–Crippen LogP) is 4.69. The summed E-state index contributed by atoms with van der Waals surface area (Å²) in [4.78, 5) is 2.50. The highest BCUT2D eigenvalue weighted by atomic mass is 19.1. The van der Waals surface area contributed by atoms with Crippen molar-refractivity contribution in [1.82, 2.24) is 4.57 Å². The van der Waals surface area contributed by atoms with Gasteiger partial charge in [-0.05, 0) is 61.6 Å². The third-order valence-electron chi connectivity index (χ3n) is 5.77. The number of benzene rings is 2. The minimum absolute atomic E-state index is 0.164. The third-order valence-corrected chi connectivity index (χ3v) is 5.77. The Hall–Kier alpha value is -2.33. The van der Waals surface area contributed by atoms with Crippen molar-refractivity contribution < 1.29 is 9.13 Å². The number of halogens is 1. The lowest BCUT2D eigenvalue weighted by Crippen LogP contribution is -2.46. The predicted molar refractivity (Wildman–Crippen MR) is 103 cm³/mol. The van der Waals surface area contributed by atoms with E-state index in [-0.39, 0.29) is 5.82 Å². The fourth-order valence-corrected chi connectivity index (χ4v) is 4.25. The molecule has 134 valence electrons. The lowest BCUT2D eigenvalue weighted by atomic mass is 10.1. The number of hydrogen-bond donors (Lipinski definition) is 0. The number of aryl methyl sites for hydroxylation is 1. The summed E-state index contributed by atoms with van der Waals surface area (Å²) in [6, 6.07) is 14.4. The Labute approximate surface area is 153 Å². The Morgan fingerprint density at radius 1 is 1.08 bits per heavy atom. The first-order valence-corrected chi connectivity index (χ1v) is 9.43. The topological polar surface area (TPSA) is 17.4 Å². The first kappa shape index (κ1) is 15.9. The summed E-state index contributed by atoms with van der Waals surface area (Å²) in [6.07, 6.45) is 4.59. The van der Waals surface area contributed by atoms with E-state index in [2.05, 4.69) is 33.7 Å². The van der Waals surface area contributed by atoms with Crippen LogP contribution in [0.25, 0.3) is 16.6 Å². The van der Waals surface area contributed by atoms with Gasteiger partial charge in [-0.1, -0.05) is 12.1 Å². The summed E-state index contributed by atoms with van der Waals surface area (Å²) in [5.74, 6) is 0.602. The van der Waals surface area contributed by atoms with Gasteiger partial charge in [-0.2, -0.15) is 0 Å². The molecule has 5 rings (SSSR count). The molecular formula is C22H23FN2O. The summed E-state index contributed by atoms with van der Waals surface area (Å²) >= 11 is 0. The van der Waals surface area contributed by atoms with Crippen molar-refractivity contribution in [3.8, 4) is 5.69 Å². The molecule has 26 heavy (non-hydrogen) atoms. The SMILES string of the molecule is Cc1ccc(F)c2ccn(-c3cccc(N4CCOCC4C4CC4)c3)c12. The molecule has 1 aromatic heterocycles. The van der Waals surface area contributed by atoms with Crippen LogP contribution in [0.15, 0.2) is 48.7 Å². The molecule has 1 saturated carbocycles. The van der Waals surface area contributed by atoms with Gasteiger partial charge in [0.15, 0.2) is 0 Å². The number of hydrogen-bond acceptors (Lipinski definition) is 2. The molecular weight excluding hydrogens is 327 g/mol. The zero-order valence-electron chi connectivity index (χ0n) is 15.0. The number of aromatic nitrogens is 1. The van der Waals surface area contributed by atoms with Crippen molar-refractivity contribution in [2.45, 2.75) is 25.8 Å². The molecule has 1 atom stereocenters. The summed E-state index contributed by atoms with van der Waals surface area (Å²) in [7, 11) is 0. The Kier molecular flexibility index (Phi) is 3.75. The molecule has 0 amide bonds. The molecule has 3 nitrogen and oxygen atoms in total. The Morgan fingerprint density at radius 3 is 2.77 bits per heavy atom. The van der Waals surface area contributed by atoms with Crippen LogP contribution in [-0.4, -0.2) is 30.4 Å². The molecule has 0 N–H and O–H groups in total. The number of morpholine rings is 1. The second-order valence-corrected chi connectivity index (χ2v) is 7.51. The van der Waals surface area contributed by atoms with Crippen LogP contribution in [-0.2, 0) is 4.74 Å². The lowest BCUT2D eigenvalue weighted by Gasteiger charge is -2.38. The molecule has 0 radical (unpaired) electrons. The van der Waals surface area contributed by atoms with Crippen LogP contribution in [0, 0.1) is 18.7 Å². The normalized spacial score (nSPS) is 20.7. The molecule has 1 aliphatic heterocycles. The molecule has 1 unspecified atom stereocenters. The fourth-order valence-electron chi connectivity index (χ4n) is 4.25.